The van der Waals surface area contributed by atoms with Crippen molar-refractivity contribution in [2.45, 2.75) is 0 Å². The zero-order valence-corrected chi connectivity index (χ0v) is 9.53. The first kappa shape index (κ1) is 9.97. The van der Waals surface area contributed by atoms with Crippen molar-refractivity contribution in [1.29, 1.82) is 0 Å². The van der Waals surface area contributed by atoms with Crippen LogP contribution in [0.15, 0.2) is 48.7 Å². The maximum absolute atomic E-state index is 5.19. The SMILES string of the molecule is COc1[c]ccc(-c2ccc3cc[nH]c3c2)c1. The smallest absolute Gasteiger partial charge is 0.127 e. The van der Waals surface area contributed by atoms with Crippen LogP contribution in [0, 0.1) is 6.07 Å². The van der Waals surface area contributed by atoms with Crippen molar-refractivity contribution in [2.75, 3.05) is 7.11 Å². The van der Waals surface area contributed by atoms with Crippen LogP contribution in [-0.4, -0.2) is 12.1 Å². The van der Waals surface area contributed by atoms with Crippen LogP contribution in [0.2, 0.25) is 0 Å². The van der Waals surface area contributed by atoms with E-state index in [-0.39, 0.29) is 0 Å². The van der Waals surface area contributed by atoms with Crippen molar-refractivity contribution in [3.8, 4) is 16.9 Å². The van der Waals surface area contributed by atoms with Crippen LogP contribution in [0.5, 0.6) is 5.75 Å². The van der Waals surface area contributed by atoms with Gasteiger partial charge in [0.1, 0.15) is 5.75 Å². The third-order valence-electron chi connectivity index (χ3n) is 2.88. The lowest BCUT2D eigenvalue weighted by atomic mass is 10.0. The lowest BCUT2D eigenvalue weighted by Crippen LogP contribution is -1.84. The summed E-state index contributed by atoms with van der Waals surface area (Å²) in [7, 11) is 1.66. The molecule has 17 heavy (non-hydrogen) atoms. The molecule has 3 aromatic rings. The third-order valence-corrected chi connectivity index (χ3v) is 2.88. The van der Waals surface area contributed by atoms with Crippen LogP contribution in [0.25, 0.3) is 22.0 Å². The second-order valence-electron chi connectivity index (χ2n) is 3.93. The minimum absolute atomic E-state index is 0.758. The van der Waals surface area contributed by atoms with Crippen LogP contribution in [0.3, 0.4) is 0 Å². The van der Waals surface area contributed by atoms with E-state index in [9.17, 15) is 0 Å². The van der Waals surface area contributed by atoms with E-state index >= 15 is 0 Å². The minimum Gasteiger partial charge on any atom is -0.496 e. The van der Waals surface area contributed by atoms with Gasteiger partial charge >= 0.3 is 0 Å². The number of methoxy groups -OCH3 is 1. The zero-order valence-electron chi connectivity index (χ0n) is 9.53. The number of hydrogen-bond donors (Lipinski definition) is 1. The van der Waals surface area contributed by atoms with Gasteiger partial charge in [0, 0.05) is 17.8 Å². The molecule has 0 fully saturated rings. The van der Waals surface area contributed by atoms with Gasteiger partial charge in [-0.1, -0.05) is 18.2 Å². The quantitative estimate of drug-likeness (QED) is 0.703. The lowest BCUT2D eigenvalue weighted by molar-refractivity contribution is 0.414. The Morgan fingerprint density at radius 2 is 1.94 bits per heavy atom. The first-order chi connectivity index (χ1) is 8.36. The summed E-state index contributed by atoms with van der Waals surface area (Å²) in [5.74, 6) is 0.758. The molecule has 83 valence electrons. The number of hydrogen-bond acceptors (Lipinski definition) is 1. The molecule has 3 rings (SSSR count). The lowest BCUT2D eigenvalue weighted by Gasteiger charge is -2.04. The molecule has 0 amide bonds. The van der Waals surface area contributed by atoms with Crippen LogP contribution in [-0.2, 0) is 0 Å². The van der Waals surface area contributed by atoms with Crippen molar-refractivity contribution in [2.24, 2.45) is 0 Å². The third kappa shape index (κ3) is 1.78. The Labute approximate surface area is 99.9 Å². The predicted octanol–water partition coefficient (Wildman–Crippen LogP) is 3.64. The fraction of sp³-hybridized carbons (Fsp3) is 0.0667. The molecule has 1 heterocycles. The molecular formula is C15H12NO. The van der Waals surface area contributed by atoms with E-state index in [1.165, 1.54) is 10.9 Å². The molecule has 2 heteroatoms. The molecule has 0 spiro atoms. The molecule has 2 nitrogen and oxygen atoms in total. The number of rotatable bonds is 2. The molecule has 0 aliphatic rings. The number of benzene rings is 2. The topological polar surface area (TPSA) is 25.0 Å². The Bertz CT molecular complexity index is 655. The van der Waals surface area contributed by atoms with Crippen molar-refractivity contribution in [3.63, 3.8) is 0 Å². The highest BCUT2D eigenvalue weighted by Crippen LogP contribution is 2.26. The molecule has 0 saturated carbocycles. The highest BCUT2D eigenvalue weighted by Gasteiger charge is 2.01. The van der Waals surface area contributed by atoms with E-state index in [2.05, 4.69) is 35.3 Å². The predicted molar refractivity (Wildman–Crippen MR) is 69.1 cm³/mol. The molecule has 0 saturated heterocycles. The Kier molecular flexibility index (Phi) is 2.33. The number of nitrogens with one attached hydrogen (secondary N) is 1. The fourth-order valence-electron chi connectivity index (χ4n) is 1.97. The van der Waals surface area contributed by atoms with E-state index in [4.69, 9.17) is 4.74 Å². The zero-order chi connectivity index (χ0) is 11.7. The summed E-state index contributed by atoms with van der Waals surface area (Å²) in [4.78, 5) is 3.22. The average molecular weight is 222 g/mol. The molecule has 0 unspecified atom stereocenters. The molecule has 1 radical (unpaired) electrons. The van der Waals surface area contributed by atoms with Gasteiger partial charge in [-0.25, -0.2) is 0 Å². The van der Waals surface area contributed by atoms with Gasteiger partial charge in [0.15, 0.2) is 0 Å². The van der Waals surface area contributed by atoms with Crippen LogP contribution in [0.4, 0.5) is 0 Å². The number of H-pyrrole nitrogens is 1. The summed E-state index contributed by atoms with van der Waals surface area (Å²) in [5.41, 5.74) is 3.46. The number of aromatic nitrogens is 1. The second-order valence-corrected chi connectivity index (χ2v) is 3.93. The summed E-state index contributed by atoms with van der Waals surface area (Å²) in [6.07, 6.45) is 1.95. The molecular weight excluding hydrogens is 210 g/mol. The van der Waals surface area contributed by atoms with Gasteiger partial charge in [0.2, 0.25) is 0 Å². The Balaban J connectivity index is 2.12. The fourth-order valence-corrected chi connectivity index (χ4v) is 1.97. The monoisotopic (exact) mass is 222 g/mol. The van der Waals surface area contributed by atoms with E-state index in [0.29, 0.717) is 0 Å². The van der Waals surface area contributed by atoms with Gasteiger partial charge in [-0.2, -0.15) is 0 Å². The van der Waals surface area contributed by atoms with Crippen molar-refractivity contribution < 1.29 is 4.74 Å². The van der Waals surface area contributed by atoms with E-state index in [1.807, 2.05) is 24.4 Å². The number of fused-ring (bicyclic) bond motifs is 1. The molecule has 1 aromatic heterocycles. The largest absolute Gasteiger partial charge is 0.496 e. The van der Waals surface area contributed by atoms with Gasteiger partial charge in [-0.15, -0.1) is 0 Å². The summed E-state index contributed by atoms with van der Waals surface area (Å²) >= 11 is 0. The van der Waals surface area contributed by atoms with Gasteiger partial charge in [-0.3, -0.25) is 0 Å². The van der Waals surface area contributed by atoms with E-state index in [0.717, 1.165) is 16.8 Å². The maximum atomic E-state index is 5.19. The maximum Gasteiger partial charge on any atom is 0.127 e. The second kappa shape index (κ2) is 3.98. The summed E-state index contributed by atoms with van der Waals surface area (Å²) in [5, 5.41) is 1.23. The summed E-state index contributed by atoms with van der Waals surface area (Å²) in [6, 6.07) is 17.4. The van der Waals surface area contributed by atoms with Gasteiger partial charge in [0.25, 0.3) is 0 Å². The highest BCUT2D eigenvalue weighted by atomic mass is 16.5. The molecule has 0 aliphatic carbocycles. The molecule has 2 aromatic carbocycles. The van der Waals surface area contributed by atoms with E-state index in [1.54, 1.807) is 7.11 Å². The van der Waals surface area contributed by atoms with Crippen LogP contribution < -0.4 is 4.74 Å². The number of aromatic amines is 1. The van der Waals surface area contributed by atoms with Gasteiger partial charge in [-0.05, 0) is 40.8 Å². The van der Waals surface area contributed by atoms with Crippen LogP contribution >= 0.6 is 0 Å². The number of ether oxygens (including phenoxy) is 1. The Hall–Kier alpha value is -2.22. The first-order valence-corrected chi connectivity index (χ1v) is 5.50. The standard InChI is InChI=1S/C15H12NO/c1-17-14-4-2-3-12(9-14)13-6-5-11-7-8-16-15(11)10-13/h2-3,5-10,16H,1H3. The normalized spacial score (nSPS) is 10.6. The molecule has 0 bridgehead atoms. The van der Waals surface area contributed by atoms with Crippen molar-refractivity contribution in [1.82, 2.24) is 4.98 Å². The Morgan fingerprint density at radius 3 is 2.82 bits per heavy atom. The van der Waals surface area contributed by atoms with Crippen molar-refractivity contribution >= 4 is 10.9 Å². The van der Waals surface area contributed by atoms with E-state index < -0.39 is 0 Å². The molecule has 1 N–H and O–H groups in total. The summed E-state index contributed by atoms with van der Waals surface area (Å²) in [6.45, 7) is 0. The minimum atomic E-state index is 0.758. The van der Waals surface area contributed by atoms with Gasteiger partial charge < -0.3 is 9.72 Å². The highest BCUT2D eigenvalue weighted by molar-refractivity contribution is 5.84. The summed E-state index contributed by atoms with van der Waals surface area (Å²) < 4.78 is 5.19. The molecule has 0 atom stereocenters. The average Bonchev–Trinajstić information content (AvgIpc) is 2.86. The van der Waals surface area contributed by atoms with Gasteiger partial charge in [0.05, 0.1) is 7.11 Å². The Morgan fingerprint density at radius 1 is 1.06 bits per heavy atom. The van der Waals surface area contributed by atoms with Crippen LogP contribution in [0.1, 0.15) is 0 Å². The van der Waals surface area contributed by atoms with Crippen molar-refractivity contribution in [3.05, 3.63) is 54.7 Å². The first-order valence-electron chi connectivity index (χ1n) is 5.50. The molecule has 0 aliphatic heterocycles.